The number of likely N-dealkylation sites (tertiary alicyclic amines) is 1. The van der Waals surface area contributed by atoms with Crippen molar-refractivity contribution in [1.29, 1.82) is 0 Å². The molecule has 1 saturated heterocycles. The molecule has 1 aliphatic heterocycles. The summed E-state index contributed by atoms with van der Waals surface area (Å²) in [5, 5.41) is 13.1. The number of hydrogen-bond acceptors (Lipinski definition) is 3. The summed E-state index contributed by atoms with van der Waals surface area (Å²) in [5.74, 6) is -0.188. The van der Waals surface area contributed by atoms with E-state index in [1.807, 2.05) is 6.07 Å². The molecule has 2 N–H and O–H groups in total. The van der Waals surface area contributed by atoms with Gasteiger partial charge in [-0.2, -0.15) is 0 Å². The highest BCUT2D eigenvalue weighted by Crippen LogP contribution is 2.07. The Morgan fingerprint density at radius 2 is 2.11 bits per heavy atom. The second-order valence-electron chi connectivity index (χ2n) is 5.25. The van der Waals surface area contributed by atoms with E-state index in [-0.39, 0.29) is 11.9 Å². The fraction of sp³-hybridized carbons (Fsp3) is 0.600. The second kappa shape index (κ2) is 7.58. The van der Waals surface area contributed by atoms with Gasteiger partial charge in [0.2, 0.25) is 0 Å². The molecule has 0 aromatic heterocycles. The summed E-state index contributed by atoms with van der Waals surface area (Å²) in [6.45, 7) is 4.35. The minimum atomic E-state index is -0.314. The molecule has 0 saturated carbocycles. The maximum absolute atomic E-state index is 13.0. The van der Waals surface area contributed by atoms with Gasteiger partial charge < -0.3 is 15.3 Å². The van der Waals surface area contributed by atoms with Crippen LogP contribution in [0.3, 0.4) is 0 Å². The molecule has 1 aliphatic rings. The first kappa shape index (κ1) is 14.4. The summed E-state index contributed by atoms with van der Waals surface area (Å²) in [6, 6.07) is 6.66. The number of nitrogens with one attached hydrogen (secondary N) is 1. The summed E-state index contributed by atoms with van der Waals surface area (Å²) in [4.78, 5) is 2.30. The molecule has 1 unspecified atom stereocenters. The van der Waals surface area contributed by atoms with Gasteiger partial charge in [0.25, 0.3) is 0 Å². The number of rotatable bonds is 7. The highest BCUT2D eigenvalue weighted by atomic mass is 19.1. The van der Waals surface area contributed by atoms with Crippen molar-refractivity contribution in [2.24, 2.45) is 0 Å². The van der Waals surface area contributed by atoms with Crippen molar-refractivity contribution < 1.29 is 9.50 Å². The smallest absolute Gasteiger partial charge is 0.123 e. The maximum atomic E-state index is 13.0. The monoisotopic (exact) mass is 266 g/mol. The third-order valence-corrected chi connectivity index (χ3v) is 3.53. The number of aliphatic hydroxyl groups is 1. The summed E-state index contributed by atoms with van der Waals surface area (Å²) in [7, 11) is 0. The Balaban J connectivity index is 1.58. The zero-order valence-corrected chi connectivity index (χ0v) is 11.3. The first-order valence-electron chi connectivity index (χ1n) is 7.09. The van der Waals surface area contributed by atoms with Crippen LogP contribution >= 0.6 is 0 Å². The number of nitrogens with zero attached hydrogens (tertiary/aromatic N) is 1. The molecule has 1 aromatic carbocycles. The van der Waals surface area contributed by atoms with Gasteiger partial charge in [-0.1, -0.05) is 12.1 Å². The van der Waals surface area contributed by atoms with Gasteiger partial charge in [-0.15, -0.1) is 0 Å². The predicted molar refractivity (Wildman–Crippen MR) is 74.7 cm³/mol. The molecular formula is C15H23FN2O. The molecule has 0 amide bonds. The van der Waals surface area contributed by atoms with Gasteiger partial charge in [0.05, 0.1) is 6.10 Å². The maximum Gasteiger partial charge on any atom is 0.123 e. The van der Waals surface area contributed by atoms with E-state index in [1.54, 1.807) is 12.1 Å². The van der Waals surface area contributed by atoms with Crippen LogP contribution in [0.4, 0.5) is 4.39 Å². The molecule has 2 rings (SSSR count). The normalized spacial score (nSPS) is 17.8. The average Bonchev–Trinajstić information content (AvgIpc) is 2.87. The lowest BCUT2D eigenvalue weighted by atomic mass is 10.1. The number of halogens is 1. The van der Waals surface area contributed by atoms with E-state index in [4.69, 9.17) is 0 Å². The molecule has 0 spiro atoms. The van der Waals surface area contributed by atoms with Crippen LogP contribution in [0, 0.1) is 5.82 Å². The van der Waals surface area contributed by atoms with Crippen molar-refractivity contribution >= 4 is 0 Å². The molecule has 3 nitrogen and oxygen atoms in total. The quantitative estimate of drug-likeness (QED) is 0.733. The van der Waals surface area contributed by atoms with Crippen LogP contribution in [0.5, 0.6) is 0 Å². The van der Waals surface area contributed by atoms with Gasteiger partial charge in [-0.25, -0.2) is 4.39 Å². The van der Waals surface area contributed by atoms with E-state index in [1.165, 1.54) is 18.9 Å². The van der Waals surface area contributed by atoms with Gasteiger partial charge in [0.1, 0.15) is 5.82 Å². The minimum absolute atomic E-state index is 0.188. The van der Waals surface area contributed by atoms with E-state index < -0.39 is 0 Å². The van der Waals surface area contributed by atoms with E-state index in [0.717, 1.165) is 38.2 Å². The van der Waals surface area contributed by atoms with Crippen LogP contribution in [0.15, 0.2) is 24.3 Å². The number of β-amino-alcohol motifs (C(OH)–C–C–N with tert-alkyl or cyclic N) is 1. The van der Waals surface area contributed by atoms with Crippen molar-refractivity contribution in [2.75, 3.05) is 32.7 Å². The molecule has 1 heterocycles. The Hall–Kier alpha value is -0.970. The second-order valence-corrected chi connectivity index (χ2v) is 5.25. The third-order valence-electron chi connectivity index (χ3n) is 3.53. The Labute approximate surface area is 114 Å². The van der Waals surface area contributed by atoms with Crippen LogP contribution in [0.25, 0.3) is 0 Å². The first-order chi connectivity index (χ1) is 9.24. The van der Waals surface area contributed by atoms with Crippen LogP contribution in [0.1, 0.15) is 18.4 Å². The van der Waals surface area contributed by atoms with Crippen molar-refractivity contribution in [2.45, 2.75) is 25.4 Å². The Bertz CT molecular complexity index is 380. The van der Waals surface area contributed by atoms with Crippen LogP contribution in [0.2, 0.25) is 0 Å². The van der Waals surface area contributed by atoms with Crippen molar-refractivity contribution in [3.05, 3.63) is 35.6 Å². The van der Waals surface area contributed by atoms with Crippen LogP contribution in [-0.2, 0) is 6.42 Å². The molecule has 0 aliphatic carbocycles. The highest BCUT2D eigenvalue weighted by Gasteiger charge is 2.15. The SMILES string of the molecule is OC(CNCCc1cccc(F)c1)CN1CCCC1. The van der Waals surface area contributed by atoms with E-state index >= 15 is 0 Å². The summed E-state index contributed by atoms with van der Waals surface area (Å²) in [5.41, 5.74) is 0.988. The van der Waals surface area contributed by atoms with Crippen molar-refractivity contribution in [3.63, 3.8) is 0 Å². The number of hydrogen-bond donors (Lipinski definition) is 2. The largest absolute Gasteiger partial charge is 0.390 e. The molecule has 1 aromatic rings. The van der Waals surface area contributed by atoms with Gasteiger partial charge >= 0.3 is 0 Å². The average molecular weight is 266 g/mol. The Morgan fingerprint density at radius 1 is 1.32 bits per heavy atom. The standard InChI is InChI=1S/C15H23FN2O/c16-14-5-3-4-13(10-14)6-7-17-11-15(19)12-18-8-1-2-9-18/h3-5,10,15,17,19H,1-2,6-9,11-12H2. The number of benzene rings is 1. The summed E-state index contributed by atoms with van der Waals surface area (Å²) < 4.78 is 13.0. The fourth-order valence-corrected chi connectivity index (χ4v) is 2.52. The summed E-state index contributed by atoms with van der Waals surface area (Å²) in [6.07, 6.45) is 2.97. The molecule has 4 heteroatoms. The van der Waals surface area contributed by atoms with E-state index in [0.29, 0.717) is 6.54 Å². The van der Waals surface area contributed by atoms with E-state index in [2.05, 4.69) is 10.2 Å². The van der Waals surface area contributed by atoms with Crippen molar-refractivity contribution in [1.82, 2.24) is 10.2 Å². The topological polar surface area (TPSA) is 35.5 Å². The molecule has 0 radical (unpaired) electrons. The van der Waals surface area contributed by atoms with Gasteiger partial charge in [-0.05, 0) is 56.6 Å². The highest BCUT2D eigenvalue weighted by molar-refractivity contribution is 5.16. The summed E-state index contributed by atoms with van der Waals surface area (Å²) >= 11 is 0. The lowest BCUT2D eigenvalue weighted by Gasteiger charge is -2.19. The predicted octanol–water partition coefficient (Wildman–Crippen LogP) is 1.41. The zero-order chi connectivity index (χ0) is 13.5. The molecule has 1 fully saturated rings. The lowest BCUT2D eigenvalue weighted by molar-refractivity contribution is 0.124. The minimum Gasteiger partial charge on any atom is -0.390 e. The molecule has 0 bridgehead atoms. The van der Waals surface area contributed by atoms with Crippen LogP contribution < -0.4 is 5.32 Å². The Morgan fingerprint density at radius 3 is 2.84 bits per heavy atom. The van der Waals surface area contributed by atoms with Gasteiger partial charge in [0, 0.05) is 13.1 Å². The first-order valence-corrected chi connectivity index (χ1v) is 7.09. The fourth-order valence-electron chi connectivity index (χ4n) is 2.52. The van der Waals surface area contributed by atoms with Crippen LogP contribution in [-0.4, -0.2) is 48.8 Å². The van der Waals surface area contributed by atoms with E-state index in [9.17, 15) is 9.50 Å². The van der Waals surface area contributed by atoms with Gasteiger partial charge in [-0.3, -0.25) is 0 Å². The molecular weight excluding hydrogens is 243 g/mol. The third kappa shape index (κ3) is 5.27. The Kier molecular flexibility index (Phi) is 5.76. The molecule has 1 atom stereocenters. The number of aliphatic hydroxyl groups excluding tert-OH is 1. The van der Waals surface area contributed by atoms with Crippen molar-refractivity contribution in [3.8, 4) is 0 Å². The van der Waals surface area contributed by atoms with Gasteiger partial charge in [0.15, 0.2) is 0 Å². The molecule has 106 valence electrons. The molecule has 19 heavy (non-hydrogen) atoms. The zero-order valence-electron chi connectivity index (χ0n) is 11.3. The lowest BCUT2D eigenvalue weighted by Crippen LogP contribution is -2.37.